The lowest BCUT2D eigenvalue weighted by Gasteiger charge is -2.27. The highest BCUT2D eigenvalue weighted by Crippen LogP contribution is 2.37. The van der Waals surface area contributed by atoms with Crippen molar-refractivity contribution in [1.29, 1.82) is 0 Å². The summed E-state index contributed by atoms with van der Waals surface area (Å²) in [7, 11) is 4.04. The van der Waals surface area contributed by atoms with Gasteiger partial charge in [-0.05, 0) is 25.7 Å². The minimum atomic E-state index is -0.0147. The second-order valence-electron chi connectivity index (χ2n) is 5.35. The molecule has 3 heteroatoms. The summed E-state index contributed by atoms with van der Waals surface area (Å²) in [5, 5.41) is 11.4. The normalized spacial score (nSPS) is 12.7. The van der Waals surface area contributed by atoms with Gasteiger partial charge in [-0.3, -0.25) is 9.88 Å². The molecule has 3 rings (SSSR count). The average Bonchev–Trinajstić information content (AvgIpc) is 2.51. The monoisotopic (exact) mass is 278 g/mol. The number of pyridine rings is 1. The van der Waals surface area contributed by atoms with E-state index in [1.807, 2.05) is 56.6 Å². The summed E-state index contributed by atoms with van der Waals surface area (Å²) in [6, 6.07) is 18.1. The van der Waals surface area contributed by atoms with Crippen molar-refractivity contribution >= 4 is 10.9 Å². The third-order valence-electron chi connectivity index (χ3n) is 3.70. The van der Waals surface area contributed by atoms with Crippen LogP contribution in [0.25, 0.3) is 10.9 Å². The second kappa shape index (κ2) is 5.54. The standard InChI is InChI=1S/C18H18N2O/c1-20(2)18(13-8-4-3-5-9-13)17-14-10-6-7-11-15(14)19-12-16(17)21/h3-12,18,21H,1-2H3. The fourth-order valence-corrected chi connectivity index (χ4v) is 2.80. The molecular weight excluding hydrogens is 260 g/mol. The van der Waals surface area contributed by atoms with Gasteiger partial charge in [-0.2, -0.15) is 0 Å². The highest BCUT2D eigenvalue weighted by molar-refractivity contribution is 5.85. The molecule has 1 atom stereocenters. The maximum absolute atomic E-state index is 10.4. The topological polar surface area (TPSA) is 36.4 Å². The number of fused-ring (bicyclic) bond motifs is 1. The van der Waals surface area contributed by atoms with Crippen molar-refractivity contribution in [2.24, 2.45) is 0 Å². The summed E-state index contributed by atoms with van der Waals surface area (Å²) in [6.45, 7) is 0. The van der Waals surface area contributed by atoms with Crippen LogP contribution < -0.4 is 0 Å². The highest BCUT2D eigenvalue weighted by atomic mass is 16.3. The van der Waals surface area contributed by atoms with Crippen LogP contribution in [0.15, 0.2) is 60.8 Å². The minimum absolute atomic E-state index is 0.0147. The summed E-state index contributed by atoms with van der Waals surface area (Å²) in [4.78, 5) is 6.42. The molecule has 106 valence electrons. The number of nitrogens with zero attached hydrogens (tertiary/aromatic N) is 2. The number of hydrogen-bond donors (Lipinski definition) is 1. The Morgan fingerprint density at radius 2 is 1.62 bits per heavy atom. The van der Waals surface area contributed by atoms with E-state index in [1.165, 1.54) is 6.20 Å². The molecule has 0 bridgehead atoms. The smallest absolute Gasteiger partial charge is 0.139 e. The zero-order valence-electron chi connectivity index (χ0n) is 12.2. The van der Waals surface area contributed by atoms with Crippen molar-refractivity contribution in [2.45, 2.75) is 6.04 Å². The summed E-state index contributed by atoms with van der Waals surface area (Å²) in [5.41, 5.74) is 2.94. The molecule has 0 amide bonds. The van der Waals surface area contributed by atoms with Crippen LogP contribution in [0.5, 0.6) is 5.75 Å². The molecule has 0 saturated heterocycles. The third kappa shape index (κ3) is 2.48. The molecule has 0 spiro atoms. The van der Waals surface area contributed by atoms with E-state index in [1.54, 1.807) is 0 Å². The maximum Gasteiger partial charge on any atom is 0.139 e. The number of para-hydroxylation sites is 1. The summed E-state index contributed by atoms with van der Waals surface area (Å²) in [6.07, 6.45) is 1.54. The van der Waals surface area contributed by atoms with Crippen molar-refractivity contribution in [1.82, 2.24) is 9.88 Å². The first kappa shape index (κ1) is 13.6. The number of aromatic nitrogens is 1. The van der Waals surface area contributed by atoms with Crippen LogP contribution in [0.1, 0.15) is 17.2 Å². The van der Waals surface area contributed by atoms with E-state index in [0.717, 1.165) is 22.0 Å². The van der Waals surface area contributed by atoms with Crippen molar-refractivity contribution in [3.63, 3.8) is 0 Å². The van der Waals surface area contributed by atoms with E-state index in [0.29, 0.717) is 0 Å². The van der Waals surface area contributed by atoms with Gasteiger partial charge in [0.05, 0.1) is 17.8 Å². The quantitative estimate of drug-likeness (QED) is 0.795. The number of hydrogen-bond acceptors (Lipinski definition) is 3. The van der Waals surface area contributed by atoms with Crippen molar-refractivity contribution in [3.8, 4) is 5.75 Å². The number of aromatic hydroxyl groups is 1. The van der Waals surface area contributed by atoms with E-state index in [9.17, 15) is 5.11 Å². The van der Waals surface area contributed by atoms with Gasteiger partial charge in [-0.1, -0.05) is 48.5 Å². The SMILES string of the molecule is CN(C)C(c1ccccc1)c1c(O)cnc2ccccc12. The van der Waals surface area contributed by atoms with Crippen molar-refractivity contribution in [2.75, 3.05) is 14.1 Å². The van der Waals surface area contributed by atoms with Crippen LogP contribution >= 0.6 is 0 Å². The molecule has 0 aliphatic rings. The first-order valence-electron chi connectivity index (χ1n) is 6.96. The Bertz CT molecular complexity index is 754. The lowest BCUT2D eigenvalue weighted by Crippen LogP contribution is -2.21. The molecule has 0 saturated carbocycles. The number of benzene rings is 2. The van der Waals surface area contributed by atoms with Crippen LogP contribution in [0, 0.1) is 0 Å². The average molecular weight is 278 g/mol. The Labute approximate surface area is 124 Å². The van der Waals surface area contributed by atoms with Gasteiger partial charge in [0.2, 0.25) is 0 Å². The van der Waals surface area contributed by atoms with Crippen LogP contribution in [0.2, 0.25) is 0 Å². The van der Waals surface area contributed by atoms with Crippen LogP contribution in [0.4, 0.5) is 0 Å². The van der Waals surface area contributed by atoms with Gasteiger partial charge in [-0.15, -0.1) is 0 Å². The molecule has 1 aromatic heterocycles. The summed E-state index contributed by atoms with van der Waals surface area (Å²) in [5.74, 6) is 0.233. The fraction of sp³-hybridized carbons (Fsp3) is 0.167. The first-order valence-corrected chi connectivity index (χ1v) is 6.96. The van der Waals surface area contributed by atoms with Gasteiger partial charge >= 0.3 is 0 Å². The molecule has 3 nitrogen and oxygen atoms in total. The maximum atomic E-state index is 10.4. The van der Waals surface area contributed by atoms with Crippen molar-refractivity contribution < 1.29 is 5.11 Å². The Kier molecular flexibility index (Phi) is 3.59. The van der Waals surface area contributed by atoms with E-state index in [-0.39, 0.29) is 11.8 Å². The summed E-state index contributed by atoms with van der Waals surface area (Å²) >= 11 is 0. The minimum Gasteiger partial charge on any atom is -0.506 e. The van der Waals surface area contributed by atoms with Crippen LogP contribution in [0.3, 0.4) is 0 Å². The molecule has 0 aliphatic carbocycles. The Morgan fingerprint density at radius 3 is 2.33 bits per heavy atom. The second-order valence-corrected chi connectivity index (χ2v) is 5.35. The Balaban J connectivity index is 2.28. The fourth-order valence-electron chi connectivity index (χ4n) is 2.80. The van der Waals surface area contributed by atoms with E-state index < -0.39 is 0 Å². The predicted octanol–water partition coefficient (Wildman–Crippen LogP) is 3.59. The molecule has 2 aromatic carbocycles. The molecule has 1 N–H and O–H groups in total. The van der Waals surface area contributed by atoms with E-state index in [2.05, 4.69) is 22.0 Å². The predicted molar refractivity (Wildman–Crippen MR) is 85.4 cm³/mol. The number of rotatable bonds is 3. The molecule has 0 aliphatic heterocycles. The van der Waals surface area contributed by atoms with Gasteiger partial charge in [-0.25, -0.2) is 0 Å². The zero-order chi connectivity index (χ0) is 14.8. The van der Waals surface area contributed by atoms with Gasteiger partial charge in [0.15, 0.2) is 0 Å². The van der Waals surface area contributed by atoms with Gasteiger partial charge in [0.25, 0.3) is 0 Å². The van der Waals surface area contributed by atoms with Crippen LogP contribution in [-0.2, 0) is 0 Å². The third-order valence-corrected chi connectivity index (χ3v) is 3.70. The summed E-state index contributed by atoms with van der Waals surface area (Å²) < 4.78 is 0. The lowest BCUT2D eigenvalue weighted by atomic mass is 9.94. The largest absolute Gasteiger partial charge is 0.506 e. The molecule has 0 fully saturated rings. The Hall–Kier alpha value is -2.39. The molecule has 21 heavy (non-hydrogen) atoms. The molecule has 1 unspecified atom stereocenters. The zero-order valence-corrected chi connectivity index (χ0v) is 12.2. The van der Waals surface area contributed by atoms with Crippen molar-refractivity contribution in [3.05, 3.63) is 71.9 Å². The molecule has 0 radical (unpaired) electrons. The lowest BCUT2D eigenvalue weighted by molar-refractivity contribution is 0.333. The molecular formula is C18H18N2O. The van der Waals surface area contributed by atoms with E-state index >= 15 is 0 Å². The Morgan fingerprint density at radius 1 is 0.952 bits per heavy atom. The van der Waals surface area contributed by atoms with Gasteiger partial charge in [0, 0.05) is 10.9 Å². The van der Waals surface area contributed by atoms with Crippen LogP contribution in [-0.4, -0.2) is 29.1 Å². The molecule has 3 aromatic rings. The van der Waals surface area contributed by atoms with E-state index in [4.69, 9.17) is 0 Å². The molecule has 1 heterocycles. The van der Waals surface area contributed by atoms with Gasteiger partial charge < -0.3 is 5.11 Å². The first-order chi connectivity index (χ1) is 10.2. The van der Waals surface area contributed by atoms with Gasteiger partial charge in [0.1, 0.15) is 5.75 Å². The highest BCUT2D eigenvalue weighted by Gasteiger charge is 2.22.